The fraction of sp³-hybridized carbons (Fsp3) is 0.556. The molecule has 0 aromatic carbocycles. The van der Waals surface area contributed by atoms with Gasteiger partial charge in [0, 0.05) is 0 Å². The first-order valence-corrected chi connectivity index (χ1v) is 4.83. The number of aromatic nitrogens is 2. The number of hydrogen-bond acceptors (Lipinski definition) is 3. The molecule has 1 rings (SSSR count). The van der Waals surface area contributed by atoms with Gasteiger partial charge < -0.3 is 5.73 Å². The van der Waals surface area contributed by atoms with Crippen LogP contribution in [0, 0.1) is 13.8 Å². The van der Waals surface area contributed by atoms with Gasteiger partial charge in [0.15, 0.2) is 5.15 Å². The molecule has 0 aliphatic rings. The third kappa shape index (κ3) is 2.82. The van der Waals surface area contributed by atoms with Gasteiger partial charge in [-0.25, -0.2) is 8.78 Å². The predicted molar refractivity (Wildman–Crippen MR) is 54.2 cm³/mol. The number of aryl methyl sites for hydroxylation is 1. The summed E-state index contributed by atoms with van der Waals surface area (Å²) in [6.45, 7) is 3.51. The van der Waals surface area contributed by atoms with Gasteiger partial charge in [0.25, 0.3) is 6.43 Å². The van der Waals surface area contributed by atoms with Crippen LogP contribution in [0.1, 0.15) is 16.8 Å². The van der Waals surface area contributed by atoms with E-state index in [1.165, 1.54) is 0 Å². The standard InChI is InChI=1S/C9H12ClF2N3/c1-4-5(2)14-15-8(10)6(4)3-7(13)9(11)12/h7,9H,3,13H2,1-2H3. The molecule has 0 saturated heterocycles. The molecule has 6 heteroatoms. The quantitative estimate of drug-likeness (QED) is 0.870. The van der Waals surface area contributed by atoms with E-state index in [9.17, 15) is 8.78 Å². The zero-order valence-corrected chi connectivity index (χ0v) is 9.22. The van der Waals surface area contributed by atoms with Crippen molar-refractivity contribution in [1.82, 2.24) is 10.2 Å². The lowest BCUT2D eigenvalue weighted by Crippen LogP contribution is -2.31. The van der Waals surface area contributed by atoms with E-state index in [0.717, 1.165) is 5.56 Å². The van der Waals surface area contributed by atoms with E-state index in [2.05, 4.69) is 10.2 Å². The van der Waals surface area contributed by atoms with Crippen molar-refractivity contribution in [3.63, 3.8) is 0 Å². The zero-order valence-electron chi connectivity index (χ0n) is 8.47. The molecule has 0 aliphatic heterocycles. The summed E-state index contributed by atoms with van der Waals surface area (Å²) in [6.07, 6.45) is -2.55. The van der Waals surface area contributed by atoms with Crippen LogP contribution in [-0.4, -0.2) is 22.7 Å². The summed E-state index contributed by atoms with van der Waals surface area (Å²) in [5, 5.41) is 7.60. The van der Waals surface area contributed by atoms with Crippen LogP contribution in [0.4, 0.5) is 8.78 Å². The highest BCUT2D eigenvalue weighted by Crippen LogP contribution is 2.20. The Balaban J connectivity index is 2.98. The lowest BCUT2D eigenvalue weighted by Gasteiger charge is -2.13. The highest BCUT2D eigenvalue weighted by molar-refractivity contribution is 6.30. The van der Waals surface area contributed by atoms with Crippen molar-refractivity contribution < 1.29 is 8.78 Å². The van der Waals surface area contributed by atoms with Crippen molar-refractivity contribution in [2.75, 3.05) is 0 Å². The Hall–Kier alpha value is -0.810. The van der Waals surface area contributed by atoms with Crippen LogP contribution in [0.25, 0.3) is 0 Å². The second-order valence-corrected chi connectivity index (χ2v) is 3.74. The maximum Gasteiger partial charge on any atom is 0.253 e. The number of nitrogens with zero attached hydrogens (tertiary/aromatic N) is 2. The third-order valence-corrected chi connectivity index (χ3v) is 2.60. The average molecular weight is 236 g/mol. The fourth-order valence-corrected chi connectivity index (χ4v) is 1.45. The topological polar surface area (TPSA) is 51.8 Å². The number of rotatable bonds is 3. The van der Waals surface area contributed by atoms with Gasteiger partial charge in [-0.05, 0) is 31.4 Å². The minimum atomic E-state index is -2.56. The van der Waals surface area contributed by atoms with Crippen LogP contribution in [0.15, 0.2) is 0 Å². The maximum atomic E-state index is 12.3. The van der Waals surface area contributed by atoms with Gasteiger partial charge in [-0.2, -0.15) is 5.10 Å². The van der Waals surface area contributed by atoms with E-state index in [0.29, 0.717) is 11.3 Å². The van der Waals surface area contributed by atoms with Gasteiger partial charge in [-0.15, -0.1) is 5.10 Å². The molecule has 0 bridgehead atoms. The summed E-state index contributed by atoms with van der Waals surface area (Å²) in [5.74, 6) is 0. The van der Waals surface area contributed by atoms with E-state index >= 15 is 0 Å². The Morgan fingerprint density at radius 2 is 1.93 bits per heavy atom. The summed E-state index contributed by atoms with van der Waals surface area (Å²) in [6, 6.07) is -1.22. The van der Waals surface area contributed by atoms with Crippen LogP contribution in [0.2, 0.25) is 5.15 Å². The SMILES string of the molecule is Cc1nnc(Cl)c(CC(N)C(F)F)c1C. The Bertz CT molecular complexity index is 357. The molecule has 1 aromatic heterocycles. The summed E-state index contributed by atoms with van der Waals surface area (Å²) < 4.78 is 24.5. The van der Waals surface area contributed by atoms with E-state index in [1.54, 1.807) is 13.8 Å². The van der Waals surface area contributed by atoms with Crippen LogP contribution in [0.3, 0.4) is 0 Å². The fourth-order valence-electron chi connectivity index (χ4n) is 1.19. The maximum absolute atomic E-state index is 12.3. The Kier molecular flexibility index (Phi) is 3.93. The molecule has 1 unspecified atom stereocenters. The smallest absolute Gasteiger partial charge is 0.253 e. The lowest BCUT2D eigenvalue weighted by atomic mass is 10.0. The molecule has 0 saturated carbocycles. The Morgan fingerprint density at radius 3 is 2.47 bits per heavy atom. The molecule has 0 spiro atoms. The summed E-state index contributed by atoms with van der Waals surface area (Å²) in [7, 11) is 0. The van der Waals surface area contributed by atoms with Gasteiger partial charge in [0.1, 0.15) is 0 Å². The van der Waals surface area contributed by atoms with Gasteiger partial charge in [-0.1, -0.05) is 11.6 Å². The molecule has 84 valence electrons. The van der Waals surface area contributed by atoms with Crippen LogP contribution in [-0.2, 0) is 6.42 Å². The third-order valence-electron chi connectivity index (χ3n) is 2.30. The normalized spacial score (nSPS) is 13.3. The molecular formula is C9H12ClF2N3. The molecule has 1 atom stereocenters. The highest BCUT2D eigenvalue weighted by atomic mass is 35.5. The lowest BCUT2D eigenvalue weighted by molar-refractivity contribution is 0.116. The number of alkyl halides is 2. The Morgan fingerprint density at radius 1 is 1.33 bits per heavy atom. The van der Waals surface area contributed by atoms with Crippen molar-refractivity contribution in [3.05, 3.63) is 22.0 Å². The predicted octanol–water partition coefficient (Wildman–Crippen LogP) is 1.88. The second kappa shape index (κ2) is 4.81. The highest BCUT2D eigenvalue weighted by Gasteiger charge is 2.19. The van der Waals surface area contributed by atoms with Crippen LogP contribution < -0.4 is 5.73 Å². The largest absolute Gasteiger partial charge is 0.323 e. The summed E-state index contributed by atoms with van der Waals surface area (Å²) in [5.41, 5.74) is 7.28. The van der Waals surface area contributed by atoms with Crippen LogP contribution in [0.5, 0.6) is 0 Å². The first kappa shape index (κ1) is 12.3. The first-order chi connectivity index (χ1) is 6.93. The van der Waals surface area contributed by atoms with Crippen molar-refractivity contribution >= 4 is 11.6 Å². The van der Waals surface area contributed by atoms with Crippen molar-refractivity contribution in [3.8, 4) is 0 Å². The van der Waals surface area contributed by atoms with Gasteiger partial charge in [0.05, 0.1) is 11.7 Å². The Labute approximate surface area is 91.6 Å². The summed E-state index contributed by atoms with van der Waals surface area (Å²) in [4.78, 5) is 0. The minimum absolute atomic E-state index is 0.0126. The van der Waals surface area contributed by atoms with Gasteiger partial charge >= 0.3 is 0 Å². The summed E-state index contributed by atoms with van der Waals surface area (Å²) >= 11 is 5.78. The zero-order chi connectivity index (χ0) is 11.6. The van der Waals surface area contributed by atoms with E-state index in [4.69, 9.17) is 17.3 Å². The molecule has 0 fully saturated rings. The molecule has 1 aromatic rings. The molecule has 0 radical (unpaired) electrons. The van der Waals surface area contributed by atoms with Crippen molar-refractivity contribution in [1.29, 1.82) is 0 Å². The number of halogens is 3. The van der Waals surface area contributed by atoms with E-state index in [-0.39, 0.29) is 11.6 Å². The first-order valence-electron chi connectivity index (χ1n) is 4.45. The van der Waals surface area contributed by atoms with Crippen LogP contribution >= 0.6 is 11.6 Å². The minimum Gasteiger partial charge on any atom is -0.323 e. The average Bonchev–Trinajstić information content (AvgIpc) is 2.18. The van der Waals surface area contributed by atoms with Crippen molar-refractivity contribution in [2.24, 2.45) is 5.73 Å². The molecule has 1 heterocycles. The van der Waals surface area contributed by atoms with Crippen molar-refractivity contribution in [2.45, 2.75) is 32.7 Å². The molecule has 2 N–H and O–H groups in total. The monoisotopic (exact) mass is 235 g/mol. The number of nitrogens with two attached hydrogens (primary N) is 1. The molecule has 0 aliphatic carbocycles. The molecule has 3 nitrogen and oxygen atoms in total. The molecule has 0 amide bonds. The molecular weight excluding hydrogens is 224 g/mol. The van der Waals surface area contributed by atoms with E-state index < -0.39 is 12.5 Å². The van der Waals surface area contributed by atoms with Gasteiger partial charge in [-0.3, -0.25) is 0 Å². The number of hydrogen-bond donors (Lipinski definition) is 1. The van der Waals surface area contributed by atoms with E-state index in [1.807, 2.05) is 0 Å². The molecule has 15 heavy (non-hydrogen) atoms. The van der Waals surface area contributed by atoms with Gasteiger partial charge in [0.2, 0.25) is 0 Å². The second-order valence-electron chi connectivity index (χ2n) is 3.38.